The summed E-state index contributed by atoms with van der Waals surface area (Å²) < 4.78 is 16.7. The molecule has 1 unspecified atom stereocenters. The van der Waals surface area contributed by atoms with Crippen LogP contribution in [0.5, 0.6) is 0 Å². The number of hydrogen-bond acceptors (Lipinski definition) is 5. The maximum atomic E-state index is 5.79. The zero-order valence-electron chi connectivity index (χ0n) is 16.8. The minimum absolute atomic E-state index is 0. The van der Waals surface area contributed by atoms with E-state index in [1.807, 2.05) is 26.2 Å². The maximum Gasteiger partial charge on any atom is 0.191 e. The maximum absolute atomic E-state index is 5.79. The van der Waals surface area contributed by atoms with E-state index in [0.717, 1.165) is 70.5 Å². The van der Waals surface area contributed by atoms with Gasteiger partial charge in [-0.3, -0.25) is 9.89 Å². The third-order valence-electron chi connectivity index (χ3n) is 4.63. The molecule has 27 heavy (non-hydrogen) atoms. The van der Waals surface area contributed by atoms with Crippen LogP contribution in [0.4, 0.5) is 0 Å². The van der Waals surface area contributed by atoms with Crippen molar-refractivity contribution in [1.29, 1.82) is 0 Å². The van der Waals surface area contributed by atoms with Gasteiger partial charge in [0.25, 0.3) is 0 Å². The summed E-state index contributed by atoms with van der Waals surface area (Å²) >= 11 is 0. The van der Waals surface area contributed by atoms with E-state index >= 15 is 0 Å². The van der Waals surface area contributed by atoms with Gasteiger partial charge in [0.1, 0.15) is 5.76 Å². The fourth-order valence-electron chi connectivity index (χ4n) is 2.98. The predicted molar refractivity (Wildman–Crippen MR) is 119 cm³/mol. The molecule has 7 nitrogen and oxygen atoms in total. The summed E-state index contributed by atoms with van der Waals surface area (Å²) in [7, 11) is 5.87. The second kappa shape index (κ2) is 14.2. The Morgan fingerprint density at radius 1 is 1.33 bits per heavy atom. The quantitative estimate of drug-likeness (QED) is 0.226. The molecule has 0 amide bonds. The van der Waals surface area contributed by atoms with Crippen molar-refractivity contribution in [3.8, 4) is 0 Å². The molecule has 1 aliphatic rings. The van der Waals surface area contributed by atoms with E-state index in [1.165, 1.54) is 0 Å². The molecule has 2 rings (SSSR count). The molecular weight excluding hydrogens is 459 g/mol. The summed E-state index contributed by atoms with van der Waals surface area (Å²) in [6.45, 7) is 4.94. The van der Waals surface area contributed by atoms with Gasteiger partial charge in [-0.25, -0.2) is 0 Å². The number of likely N-dealkylation sites (N-methyl/N-ethyl adjacent to an activating group) is 1. The van der Waals surface area contributed by atoms with Crippen molar-refractivity contribution in [1.82, 2.24) is 15.5 Å². The molecule has 0 aromatic carbocycles. The molecule has 0 bridgehead atoms. The van der Waals surface area contributed by atoms with E-state index in [2.05, 4.69) is 20.5 Å². The zero-order chi connectivity index (χ0) is 18.6. The number of hydrogen-bond donors (Lipinski definition) is 2. The highest BCUT2D eigenvalue weighted by molar-refractivity contribution is 14.0. The monoisotopic (exact) mass is 494 g/mol. The van der Waals surface area contributed by atoms with Crippen molar-refractivity contribution in [2.24, 2.45) is 10.9 Å². The van der Waals surface area contributed by atoms with Crippen molar-refractivity contribution in [2.45, 2.75) is 25.3 Å². The Balaban J connectivity index is 0.00000364. The third-order valence-corrected chi connectivity index (χ3v) is 4.63. The number of rotatable bonds is 10. The van der Waals surface area contributed by atoms with E-state index in [4.69, 9.17) is 13.9 Å². The average Bonchev–Trinajstić information content (AvgIpc) is 3.18. The third kappa shape index (κ3) is 9.27. The van der Waals surface area contributed by atoms with Crippen LogP contribution in [0, 0.1) is 5.92 Å². The molecule has 8 heteroatoms. The largest absolute Gasteiger partial charge is 0.468 e. The lowest BCUT2D eigenvalue weighted by molar-refractivity contribution is 0.0203. The molecule has 156 valence electrons. The fraction of sp³-hybridized carbons (Fsp3) is 0.737. The summed E-state index contributed by atoms with van der Waals surface area (Å²) in [6.07, 6.45) is 4.91. The lowest BCUT2D eigenvalue weighted by atomic mass is 10.0. The van der Waals surface area contributed by atoms with Gasteiger partial charge in [0.2, 0.25) is 0 Å². The van der Waals surface area contributed by atoms with Gasteiger partial charge >= 0.3 is 0 Å². The Hall–Kier alpha value is -0.840. The number of halogens is 1. The molecule has 0 saturated carbocycles. The highest BCUT2D eigenvalue weighted by Gasteiger charge is 2.17. The van der Waals surface area contributed by atoms with Crippen LogP contribution in [0.2, 0.25) is 0 Å². The zero-order valence-corrected chi connectivity index (χ0v) is 19.1. The highest BCUT2D eigenvalue weighted by atomic mass is 127. The molecule has 1 saturated heterocycles. The number of ether oxygens (including phenoxy) is 2. The lowest BCUT2D eigenvalue weighted by Crippen LogP contribution is -2.42. The van der Waals surface area contributed by atoms with E-state index in [0.29, 0.717) is 5.92 Å². The Kier molecular flexibility index (Phi) is 12.7. The Morgan fingerprint density at radius 3 is 2.74 bits per heavy atom. The van der Waals surface area contributed by atoms with Gasteiger partial charge in [0.05, 0.1) is 12.3 Å². The first-order valence-electron chi connectivity index (χ1n) is 9.50. The number of nitrogens with zero attached hydrogens (tertiary/aromatic N) is 2. The summed E-state index contributed by atoms with van der Waals surface area (Å²) in [5, 5.41) is 6.70. The first-order chi connectivity index (χ1) is 12.7. The molecule has 0 radical (unpaired) electrons. The molecule has 2 heterocycles. The van der Waals surface area contributed by atoms with Crippen molar-refractivity contribution < 1.29 is 13.9 Å². The summed E-state index contributed by atoms with van der Waals surface area (Å²) in [5.74, 6) is 2.41. The van der Waals surface area contributed by atoms with Crippen LogP contribution < -0.4 is 10.6 Å². The fourth-order valence-corrected chi connectivity index (χ4v) is 2.98. The molecule has 1 aromatic rings. The van der Waals surface area contributed by atoms with Crippen molar-refractivity contribution in [3.63, 3.8) is 0 Å². The summed E-state index contributed by atoms with van der Waals surface area (Å²) in [4.78, 5) is 6.41. The second-order valence-corrected chi connectivity index (χ2v) is 6.86. The second-order valence-electron chi connectivity index (χ2n) is 6.86. The van der Waals surface area contributed by atoms with Crippen LogP contribution in [-0.2, 0) is 9.47 Å². The van der Waals surface area contributed by atoms with Crippen LogP contribution in [0.25, 0.3) is 0 Å². The molecule has 0 aliphatic carbocycles. The standard InChI is InChI=1S/C19H34N4O3.HI/c1-20-19(22-14-17(23(2)3)18-6-4-11-26-18)21-9-5-10-25-15-16-7-12-24-13-8-16;/h4,6,11,16-17H,5,7-10,12-15H2,1-3H3,(H2,20,21,22);1H. The van der Waals surface area contributed by atoms with Gasteiger partial charge in [0.15, 0.2) is 5.96 Å². The minimum atomic E-state index is 0. The van der Waals surface area contributed by atoms with Gasteiger partial charge < -0.3 is 24.5 Å². The van der Waals surface area contributed by atoms with Crippen LogP contribution in [-0.4, -0.2) is 71.5 Å². The first-order valence-corrected chi connectivity index (χ1v) is 9.50. The smallest absolute Gasteiger partial charge is 0.191 e. The summed E-state index contributed by atoms with van der Waals surface area (Å²) in [5.41, 5.74) is 0. The van der Waals surface area contributed by atoms with Gasteiger partial charge in [-0.1, -0.05) is 0 Å². The van der Waals surface area contributed by atoms with Gasteiger partial charge in [0, 0.05) is 46.6 Å². The minimum Gasteiger partial charge on any atom is -0.468 e. The first kappa shape index (κ1) is 24.2. The topological polar surface area (TPSA) is 71.3 Å². The molecule has 1 fully saturated rings. The van der Waals surface area contributed by atoms with Crippen LogP contribution in [0.1, 0.15) is 31.1 Å². The van der Waals surface area contributed by atoms with Gasteiger partial charge in [-0.05, 0) is 51.4 Å². The van der Waals surface area contributed by atoms with Crippen molar-refractivity contribution in [3.05, 3.63) is 24.2 Å². The normalized spacial score (nSPS) is 16.8. The van der Waals surface area contributed by atoms with Crippen LogP contribution in [0.3, 0.4) is 0 Å². The van der Waals surface area contributed by atoms with Gasteiger partial charge in [-0.15, -0.1) is 24.0 Å². The Bertz CT molecular complexity index is 505. The number of guanidine groups is 1. The summed E-state index contributed by atoms with van der Waals surface area (Å²) in [6, 6.07) is 4.07. The Morgan fingerprint density at radius 2 is 2.11 bits per heavy atom. The molecule has 1 aliphatic heterocycles. The lowest BCUT2D eigenvalue weighted by Gasteiger charge is -2.24. The average molecular weight is 494 g/mol. The van der Waals surface area contributed by atoms with Gasteiger partial charge in [-0.2, -0.15) is 0 Å². The number of nitrogens with one attached hydrogen (secondary N) is 2. The SMILES string of the molecule is CN=C(NCCCOCC1CCOCC1)NCC(c1ccco1)N(C)C.I. The molecular formula is C19H35IN4O3. The van der Waals surface area contributed by atoms with E-state index in [1.54, 1.807) is 13.3 Å². The molecule has 0 spiro atoms. The molecule has 2 N–H and O–H groups in total. The van der Waals surface area contributed by atoms with E-state index < -0.39 is 0 Å². The Labute approximate surface area is 180 Å². The molecule has 1 aromatic heterocycles. The van der Waals surface area contributed by atoms with Crippen molar-refractivity contribution in [2.75, 3.05) is 60.7 Å². The van der Waals surface area contributed by atoms with E-state index in [-0.39, 0.29) is 30.0 Å². The van der Waals surface area contributed by atoms with Crippen molar-refractivity contribution >= 4 is 29.9 Å². The predicted octanol–water partition coefficient (Wildman–Crippen LogP) is 2.50. The molecule has 1 atom stereocenters. The highest BCUT2D eigenvalue weighted by Crippen LogP contribution is 2.17. The van der Waals surface area contributed by atoms with Crippen LogP contribution in [0.15, 0.2) is 27.8 Å². The number of furan rings is 1. The van der Waals surface area contributed by atoms with Crippen LogP contribution >= 0.6 is 24.0 Å². The van der Waals surface area contributed by atoms with E-state index in [9.17, 15) is 0 Å². The number of aliphatic imine (C=N–C) groups is 1.